The number of nitrogens with one attached hydrogen (secondary N) is 1. The summed E-state index contributed by atoms with van der Waals surface area (Å²) < 4.78 is 11.4. The summed E-state index contributed by atoms with van der Waals surface area (Å²) in [6.45, 7) is 4.48. The van der Waals surface area contributed by atoms with Gasteiger partial charge in [0.2, 0.25) is 5.88 Å². The van der Waals surface area contributed by atoms with Gasteiger partial charge in [-0.05, 0) is 31.7 Å². The molecule has 2 aromatic rings. The predicted octanol–water partition coefficient (Wildman–Crippen LogP) is 3.67. The number of fused-ring (bicyclic) bond motifs is 3. The standard InChI is InChI=1S/C19H22N4O2/c1-11-8-9-13(12(2)10-11)17-20-15-7-5-4-6-14(15)16-18(25-17)21-19(24-3)23-22-16/h4-8,12-13,17,20H,9-10H2,1-3H3. The summed E-state index contributed by atoms with van der Waals surface area (Å²) in [6, 6.07) is 8.24. The number of para-hydroxylation sites is 1. The Hall–Kier alpha value is -2.63. The zero-order valence-corrected chi connectivity index (χ0v) is 14.7. The van der Waals surface area contributed by atoms with E-state index in [0.717, 1.165) is 24.1 Å². The van der Waals surface area contributed by atoms with E-state index in [2.05, 4.69) is 40.4 Å². The van der Waals surface area contributed by atoms with Crippen molar-refractivity contribution in [2.75, 3.05) is 12.4 Å². The van der Waals surface area contributed by atoms with Gasteiger partial charge in [-0.25, -0.2) is 0 Å². The van der Waals surface area contributed by atoms with E-state index in [1.807, 2.05) is 24.3 Å². The second kappa shape index (κ2) is 6.35. The van der Waals surface area contributed by atoms with E-state index in [4.69, 9.17) is 9.47 Å². The van der Waals surface area contributed by atoms with Gasteiger partial charge in [0.25, 0.3) is 0 Å². The van der Waals surface area contributed by atoms with E-state index in [9.17, 15) is 0 Å². The van der Waals surface area contributed by atoms with Crippen LogP contribution in [0.5, 0.6) is 11.9 Å². The van der Waals surface area contributed by atoms with E-state index in [-0.39, 0.29) is 12.2 Å². The first kappa shape index (κ1) is 15.9. The van der Waals surface area contributed by atoms with Crippen molar-refractivity contribution in [2.24, 2.45) is 11.8 Å². The molecule has 1 aliphatic carbocycles. The van der Waals surface area contributed by atoms with E-state index in [1.54, 1.807) is 0 Å². The highest BCUT2D eigenvalue weighted by Crippen LogP contribution is 2.40. The van der Waals surface area contributed by atoms with Crippen LogP contribution >= 0.6 is 0 Å². The maximum absolute atomic E-state index is 6.29. The van der Waals surface area contributed by atoms with E-state index in [1.165, 1.54) is 12.7 Å². The van der Waals surface area contributed by atoms with Crippen molar-refractivity contribution < 1.29 is 9.47 Å². The second-order valence-electron chi connectivity index (χ2n) is 6.81. The highest BCUT2D eigenvalue weighted by atomic mass is 16.5. The van der Waals surface area contributed by atoms with Crippen molar-refractivity contribution >= 4 is 5.69 Å². The number of rotatable bonds is 2. The zero-order chi connectivity index (χ0) is 17.4. The summed E-state index contributed by atoms with van der Waals surface area (Å²) in [5, 5.41) is 11.9. The summed E-state index contributed by atoms with van der Waals surface area (Å²) in [5.74, 6) is 1.34. The van der Waals surface area contributed by atoms with Gasteiger partial charge in [-0.3, -0.25) is 0 Å². The first-order valence-electron chi connectivity index (χ1n) is 8.62. The maximum atomic E-state index is 6.29. The summed E-state index contributed by atoms with van der Waals surface area (Å²) in [6.07, 6.45) is 4.21. The fourth-order valence-electron chi connectivity index (χ4n) is 3.68. The quantitative estimate of drug-likeness (QED) is 0.843. The van der Waals surface area contributed by atoms with Crippen LogP contribution < -0.4 is 14.8 Å². The molecule has 0 amide bonds. The average molecular weight is 338 g/mol. The van der Waals surface area contributed by atoms with Crippen LogP contribution in [-0.4, -0.2) is 28.5 Å². The Bertz CT molecular complexity index is 821. The van der Waals surface area contributed by atoms with Gasteiger partial charge in [0.15, 0.2) is 11.9 Å². The molecule has 1 aliphatic heterocycles. The second-order valence-corrected chi connectivity index (χ2v) is 6.81. The monoisotopic (exact) mass is 338 g/mol. The molecule has 3 atom stereocenters. The lowest BCUT2D eigenvalue weighted by Crippen LogP contribution is -2.39. The molecular weight excluding hydrogens is 316 g/mol. The number of aromatic nitrogens is 3. The lowest BCUT2D eigenvalue weighted by Gasteiger charge is -2.34. The number of ether oxygens (including phenoxy) is 2. The number of methoxy groups -OCH3 is 1. The van der Waals surface area contributed by atoms with Gasteiger partial charge in [0, 0.05) is 17.2 Å². The third-order valence-corrected chi connectivity index (χ3v) is 5.04. The number of nitrogens with zero attached hydrogens (tertiary/aromatic N) is 3. The fourth-order valence-corrected chi connectivity index (χ4v) is 3.68. The number of anilines is 1. The van der Waals surface area contributed by atoms with Crippen LogP contribution in [0.4, 0.5) is 5.69 Å². The van der Waals surface area contributed by atoms with Gasteiger partial charge >= 0.3 is 6.01 Å². The third-order valence-electron chi connectivity index (χ3n) is 5.04. The molecule has 1 N–H and O–H groups in total. The van der Waals surface area contributed by atoms with Gasteiger partial charge in [-0.2, -0.15) is 4.98 Å². The van der Waals surface area contributed by atoms with Crippen LogP contribution in [0, 0.1) is 11.8 Å². The molecule has 3 unspecified atom stereocenters. The van der Waals surface area contributed by atoms with Crippen LogP contribution in [0.15, 0.2) is 35.9 Å². The van der Waals surface area contributed by atoms with Crippen LogP contribution in [0.3, 0.4) is 0 Å². The number of allylic oxidation sites excluding steroid dienone is 2. The van der Waals surface area contributed by atoms with Crippen molar-refractivity contribution in [1.82, 2.24) is 15.2 Å². The Balaban J connectivity index is 1.77. The molecule has 25 heavy (non-hydrogen) atoms. The first-order chi connectivity index (χ1) is 12.2. The summed E-state index contributed by atoms with van der Waals surface area (Å²) in [7, 11) is 1.53. The van der Waals surface area contributed by atoms with Crippen molar-refractivity contribution in [1.29, 1.82) is 0 Å². The molecule has 2 heterocycles. The Morgan fingerprint density at radius 3 is 2.88 bits per heavy atom. The fraction of sp³-hybridized carbons (Fsp3) is 0.421. The number of hydrogen-bond acceptors (Lipinski definition) is 6. The van der Waals surface area contributed by atoms with E-state index in [0.29, 0.717) is 23.4 Å². The Morgan fingerprint density at radius 2 is 2.08 bits per heavy atom. The average Bonchev–Trinajstić information content (AvgIpc) is 2.77. The SMILES string of the molecule is COc1nnc2c(n1)OC(C1CC=C(C)CC1C)Nc1ccccc1-2. The lowest BCUT2D eigenvalue weighted by atomic mass is 9.80. The van der Waals surface area contributed by atoms with Gasteiger partial charge in [0.05, 0.1) is 7.11 Å². The van der Waals surface area contributed by atoms with Gasteiger partial charge < -0.3 is 14.8 Å². The highest BCUT2D eigenvalue weighted by Gasteiger charge is 2.34. The van der Waals surface area contributed by atoms with Crippen LogP contribution in [-0.2, 0) is 0 Å². The van der Waals surface area contributed by atoms with Crippen molar-refractivity contribution in [3.05, 3.63) is 35.9 Å². The summed E-state index contributed by atoms with van der Waals surface area (Å²) >= 11 is 0. The predicted molar refractivity (Wildman–Crippen MR) is 95.5 cm³/mol. The largest absolute Gasteiger partial charge is 0.466 e. The molecule has 0 bridgehead atoms. The molecule has 1 aromatic heterocycles. The number of benzene rings is 1. The molecule has 0 spiro atoms. The summed E-state index contributed by atoms with van der Waals surface area (Å²) in [5.41, 5.74) is 4.02. The molecule has 0 saturated heterocycles. The van der Waals surface area contributed by atoms with Gasteiger partial charge in [-0.15, -0.1) is 5.10 Å². The van der Waals surface area contributed by atoms with Gasteiger partial charge in [-0.1, -0.05) is 41.9 Å². The highest BCUT2D eigenvalue weighted by molar-refractivity contribution is 5.79. The third kappa shape index (κ3) is 2.92. The smallest absolute Gasteiger partial charge is 0.338 e. The number of hydrogen-bond donors (Lipinski definition) is 1. The molecule has 2 aliphatic rings. The maximum Gasteiger partial charge on any atom is 0.338 e. The normalized spacial score (nSPS) is 24.8. The zero-order valence-electron chi connectivity index (χ0n) is 14.7. The summed E-state index contributed by atoms with van der Waals surface area (Å²) in [4.78, 5) is 4.40. The molecule has 0 saturated carbocycles. The molecule has 1 aromatic carbocycles. The molecule has 6 heteroatoms. The van der Waals surface area contributed by atoms with Crippen LogP contribution in [0.2, 0.25) is 0 Å². The van der Waals surface area contributed by atoms with Gasteiger partial charge in [0.1, 0.15) is 0 Å². The van der Waals surface area contributed by atoms with Crippen molar-refractivity contribution in [2.45, 2.75) is 32.9 Å². The van der Waals surface area contributed by atoms with Crippen molar-refractivity contribution in [3.63, 3.8) is 0 Å². The minimum Gasteiger partial charge on any atom is -0.466 e. The molecular formula is C19H22N4O2. The Morgan fingerprint density at radius 1 is 1.24 bits per heavy atom. The molecule has 0 fully saturated rings. The molecule has 6 nitrogen and oxygen atoms in total. The topological polar surface area (TPSA) is 69.2 Å². The first-order valence-corrected chi connectivity index (χ1v) is 8.62. The minimum atomic E-state index is -0.178. The minimum absolute atomic E-state index is 0.178. The molecule has 130 valence electrons. The van der Waals surface area contributed by atoms with E-state index >= 15 is 0 Å². The van der Waals surface area contributed by atoms with Crippen LogP contribution in [0.1, 0.15) is 26.7 Å². The van der Waals surface area contributed by atoms with Crippen LogP contribution in [0.25, 0.3) is 11.3 Å². The molecule has 0 radical (unpaired) electrons. The van der Waals surface area contributed by atoms with Crippen molar-refractivity contribution in [3.8, 4) is 23.1 Å². The Kier molecular flexibility index (Phi) is 4.03. The Labute approximate surface area is 147 Å². The van der Waals surface area contributed by atoms with E-state index < -0.39 is 0 Å². The molecule has 4 rings (SSSR count). The lowest BCUT2D eigenvalue weighted by molar-refractivity contribution is 0.114.